The van der Waals surface area contributed by atoms with Gasteiger partial charge in [0.25, 0.3) is 0 Å². The van der Waals surface area contributed by atoms with E-state index in [1.807, 2.05) is 0 Å². The highest BCUT2D eigenvalue weighted by molar-refractivity contribution is 6.31. The topological polar surface area (TPSA) is 110 Å². The number of carbonyl (C=O) groups is 1. The number of ether oxygens (including phenoxy) is 1. The number of nitro groups is 1. The van der Waals surface area contributed by atoms with Crippen LogP contribution in [0.15, 0.2) is 30.6 Å². The van der Waals surface area contributed by atoms with Crippen molar-refractivity contribution in [2.24, 2.45) is 5.92 Å². The van der Waals surface area contributed by atoms with Crippen molar-refractivity contribution in [2.75, 3.05) is 30.4 Å². The van der Waals surface area contributed by atoms with E-state index in [0.29, 0.717) is 37.4 Å². The van der Waals surface area contributed by atoms with Gasteiger partial charge in [-0.3, -0.25) is 14.9 Å². The molecule has 9 nitrogen and oxygen atoms in total. The van der Waals surface area contributed by atoms with E-state index < -0.39 is 4.92 Å². The Bertz CT molecular complexity index is 838. The summed E-state index contributed by atoms with van der Waals surface area (Å²) in [5.41, 5.74) is 0.391. The predicted octanol–water partition coefficient (Wildman–Crippen LogP) is 2.90. The van der Waals surface area contributed by atoms with Crippen molar-refractivity contribution in [3.63, 3.8) is 0 Å². The number of carbonyl (C=O) groups excluding carboxylic acids is 1. The minimum atomic E-state index is -0.583. The molecule has 1 amide bonds. The van der Waals surface area contributed by atoms with Crippen LogP contribution < -0.4 is 15.0 Å². The molecule has 2 heterocycles. The van der Waals surface area contributed by atoms with Crippen LogP contribution >= 0.6 is 11.6 Å². The van der Waals surface area contributed by atoms with Crippen LogP contribution in [0.1, 0.15) is 12.8 Å². The molecule has 142 valence electrons. The third kappa shape index (κ3) is 4.25. The van der Waals surface area contributed by atoms with Gasteiger partial charge >= 0.3 is 5.69 Å². The number of halogens is 1. The van der Waals surface area contributed by atoms with Crippen molar-refractivity contribution >= 4 is 34.7 Å². The lowest BCUT2D eigenvalue weighted by Gasteiger charge is -2.31. The van der Waals surface area contributed by atoms with Crippen molar-refractivity contribution in [3.8, 4) is 5.75 Å². The van der Waals surface area contributed by atoms with Gasteiger partial charge in [-0.2, -0.15) is 0 Å². The number of amides is 1. The first-order valence-electron chi connectivity index (χ1n) is 8.34. The Labute approximate surface area is 160 Å². The van der Waals surface area contributed by atoms with Crippen molar-refractivity contribution in [1.29, 1.82) is 0 Å². The molecular formula is C17H18ClN5O4. The fourth-order valence-electron chi connectivity index (χ4n) is 3.01. The van der Waals surface area contributed by atoms with E-state index in [0.717, 1.165) is 0 Å². The summed E-state index contributed by atoms with van der Waals surface area (Å²) in [6.45, 7) is 0.934. The van der Waals surface area contributed by atoms with Gasteiger partial charge in [0.2, 0.25) is 16.9 Å². The van der Waals surface area contributed by atoms with Gasteiger partial charge in [-0.1, -0.05) is 11.6 Å². The molecule has 0 saturated carbocycles. The van der Waals surface area contributed by atoms with Crippen LogP contribution in [0, 0.1) is 16.0 Å². The standard InChI is InChI=1S/C17H18ClN5O4/c1-27-13-4-2-12(3-5-13)21-17(24)11-6-8-22(9-7-11)16-14(23(25)26)15(18)19-10-20-16/h2-5,10-11H,6-9H2,1H3,(H,21,24). The summed E-state index contributed by atoms with van der Waals surface area (Å²) in [5.74, 6) is 0.648. The molecule has 3 rings (SSSR count). The zero-order valence-electron chi connectivity index (χ0n) is 14.6. The summed E-state index contributed by atoms with van der Waals surface area (Å²) in [4.78, 5) is 32.6. The Balaban J connectivity index is 1.62. The van der Waals surface area contributed by atoms with Crippen molar-refractivity contribution in [3.05, 3.63) is 45.9 Å². The summed E-state index contributed by atoms with van der Waals surface area (Å²) in [7, 11) is 1.58. The minimum absolute atomic E-state index is 0.0740. The van der Waals surface area contributed by atoms with Gasteiger partial charge in [0.15, 0.2) is 0 Å². The molecule has 0 bridgehead atoms. The molecule has 1 aromatic heterocycles. The molecule has 10 heteroatoms. The van der Waals surface area contributed by atoms with Crippen LogP contribution in [-0.2, 0) is 4.79 Å². The van der Waals surface area contributed by atoms with Crippen LogP contribution in [-0.4, -0.2) is 41.0 Å². The summed E-state index contributed by atoms with van der Waals surface area (Å²) in [6.07, 6.45) is 2.31. The van der Waals surface area contributed by atoms with E-state index in [1.54, 1.807) is 36.3 Å². The molecule has 0 aliphatic carbocycles. The number of anilines is 2. The van der Waals surface area contributed by atoms with Crippen LogP contribution in [0.4, 0.5) is 17.2 Å². The van der Waals surface area contributed by atoms with Gasteiger partial charge in [0.05, 0.1) is 12.0 Å². The molecule has 1 aliphatic rings. The molecule has 0 spiro atoms. The highest BCUT2D eigenvalue weighted by Crippen LogP contribution is 2.33. The largest absolute Gasteiger partial charge is 0.497 e. The van der Waals surface area contributed by atoms with Gasteiger partial charge in [-0.25, -0.2) is 9.97 Å². The fourth-order valence-corrected chi connectivity index (χ4v) is 3.21. The Kier molecular flexibility index (Phi) is 5.70. The van der Waals surface area contributed by atoms with E-state index in [-0.39, 0.29) is 28.5 Å². The molecule has 1 aliphatic heterocycles. The van der Waals surface area contributed by atoms with Gasteiger partial charge in [0.1, 0.15) is 12.1 Å². The normalized spacial score (nSPS) is 14.7. The van der Waals surface area contributed by atoms with E-state index in [4.69, 9.17) is 16.3 Å². The van der Waals surface area contributed by atoms with Crippen LogP contribution in [0.25, 0.3) is 0 Å². The van der Waals surface area contributed by atoms with E-state index in [2.05, 4.69) is 15.3 Å². The summed E-state index contributed by atoms with van der Waals surface area (Å²) >= 11 is 5.84. The number of piperidine rings is 1. The maximum atomic E-state index is 12.5. The molecule has 1 N–H and O–H groups in total. The number of nitrogens with zero attached hydrogens (tertiary/aromatic N) is 4. The predicted molar refractivity (Wildman–Crippen MR) is 100 cm³/mol. The summed E-state index contributed by atoms with van der Waals surface area (Å²) in [6, 6.07) is 7.10. The Morgan fingerprint density at radius 1 is 1.30 bits per heavy atom. The van der Waals surface area contributed by atoms with E-state index in [1.165, 1.54) is 6.33 Å². The van der Waals surface area contributed by atoms with E-state index in [9.17, 15) is 14.9 Å². The number of aromatic nitrogens is 2. The SMILES string of the molecule is COc1ccc(NC(=O)C2CCN(c3ncnc(Cl)c3[N+](=O)[O-])CC2)cc1. The van der Waals surface area contributed by atoms with Crippen LogP contribution in [0.5, 0.6) is 5.75 Å². The first-order chi connectivity index (χ1) is 13.0. The van der Waals surface area contributed by atoms with Crippen LogP contribution in [0.3, 0.4) is 0 Å². The van der Waals surface area contributed by atoms with E-state index >= 15 is 0 Å². The zero-order chi connectivity index (χ0) is 19.4. The smallest absolute Gasteiger partial charge is 0.348 e. The lowest BCUT2D eigenvalue weighted by atomic mass is 9.95. The quantitative estimate of drug-likeness (QED) is 0.474. The molecular weight excluding hydrogens is 374 g/mol. The first-order valence-corrected chi connectivity index (χ1v) is 8.72. The van der Waals surface area contributed by atoms with Crippen LogP contribution in [0.2, 0.25) is 5.15 Å². The molecule has 1 saturated heterocycles. The molecule has 0 atom stereocenters. The fraction of sp³-hybridized carbons (Fsp3) is 0.353. The van der Waals surface area contributed by atoms with Gasteiger partial charge < -0.3 is 15.0 Å². The molecule has 27 heavy (non-hydrogen) atoms. The molecule has 0 radical (unpaired) electrons. The second-order valence-corrected chi connectivity index (χ2v) is 6.43. The highest BCUT2D eigenvalue weighted by Gasteiger charge is 2.31. The average molecular weight is 392 g/mol. The van der Waals surface area contributed by atoms with Gasteiger partial charge in [-0.05, 0) is 37.1 Å². The number of benzene rings is 1. The van der Waals surface area contributed by atoms with Crippen molar-refractivity contribution in [2.45, 2.75) is 12.8 Å². The summed E-state index contributed by atoms with van der Waals surface area (Å²) in [5, 5.41) is 13.9. The van der Waals surface area contributed by atoms with Gasteiger partial charge in [-0.15, -0.1) is 0 Å². The first kappa shape index (κ1) is 18.8. The Morgan fingerprint density at radius 2 is 1.96 bits per heavy atom. The second kappa shape index (κ2) is 8.17. The minimum Gasteiger partial charge on any atom is -0.497 e. The molecule has 2 aromatic rings. The average Bonchev–Trinajstić information content (AvgIpc) is 2.68. The Hall–Kier alpha value is -2.94. The molecule has 1 aromatic carbocycles. The Morgan fingerprint density at radius 3 is 2.56 bits per heavy atom. The number of methoxy groups -OCH3 is 1. The lowest BCUT2D eigenvalue weighted by molar-refractivity contribution is -0.384. The lowest BCUT2D eigenvalue weighted by Crippen LogP contribution is -2.39. The number of hydrogen-bond donors (Lipinski definition) is 1. The second-order valence-electron chi connectivity index (χ2n) is 6.07. The third-order valence-corrected chi connectivity index (χ3v) is 4.74. The molecule has 1 fully saturated rings. The summed E-state index contributed by atoms with van der Waals surface area (Å²) < 4.78 is 5.09. The van der Waals surface area contributed by atoms with Crippen molar-refractivity contribution < 1.29 is 14.5 Å². The number of hydrogen-bond acceptors (Lipinski definition) is 7. The monoisotopic (exact) mass is 391 g/mol. The maximum absolute atomic E-state index is 12.5. The maximum Gasteiger partial charge on any atom is 0.348 e. The zero-order valence-corrected chi connectivity index (χ0v) is 15.3. The number of nitrogens with one attached hydrogen (secondary N) is 1. The van der Waals surface area contributed by atoms with Gasteiger partial charge in [0, 0.05) is 24.7 Å². The molecule has 0 unspecified atom stereocenters. The highest BCUT2D eigenvalue weighted by atomic mass is 35.5. The third-order valence-electron chi connectivity index (χ3n) is 4.46. The number of rotatable bonds is 5. The van der Waals surface area contributed by atoms with Crippen molar-refractivity contribution in [1.82, 2.24) is 9.97 Å².